The van der Waals surface area contributed by atoms with Crippen LogP contribution in [0.5, 0.6) is 0 Å². The maximum atomic E-state index is 13.0. The highest BCUT2D eigenvalue weighted by molar-refractivity contribution is 5.84. The number of hydrogen-bond donors (Lipinski definition) is 0. The van der Waals surface area contributed by atoms with E-state index in [2.05, 4.69) is 34.0 Å². The lowest BCUT2D eigenvalue weighted by Crippen LogP contribution is -2.53. The number of piperidine rings is 2. The van der Waals surface area contributed by atoms with Crippen LogP contribution >= 0.6 is 0 Å². The second kappa shape index (κ2) is 7.47. The zero-order chi connectivity index (χ0) is 18.9. The Morgan fingerprint density at radius 2 is 1.96 bits per heavy atom. The van der Waals surface area contributed by atoms with Crippen molar-refractivity contribution in [2.24, 2.45) is 5.41 Å². The van der Waals surface area contributed by atoms with Crippen LogP contribution in [-0.4, -0.2) is 47.0 Å². The predicted molar refractivity (Wildman–Crippen MR) is 104 cm³/mol. The van der Waals surface area contributed by atoms with Crippen molar-refractivity contribution >= 4 is 5.91 Å². The molecule has 0 N–H and O–H groups in total. The Balaban J connectivity index is 1.47. The van der Waals surface area contributed by atoms with E-state index >= 15 is 0 Å². The number of aryl methyl sites for hydroxylation is 1. The average Bonchev–Trinajstić information content (AvgIpc) is 3.11. The molecule has 3 heterocycles. The van der Waals surface area contributed by atoms with Gasteiger partial charge in [0.2, 0.25) is 5.91 Å². The number of benzene rings is 1. The van der Waals surface area contributed by atoms with E-state index in [1.54, 1.807) is 0 Å². The fourth-order valence-corrected chi connectivity index (χ4v) is 4.76. The summed E-state index contributed by atoms with van der Waals surface area (Å²) in [5.41, 5.74) is 2.34. The van der Waals surface area contributed by atoms with Crippen LogP contribution in [0.3, 0.4) is 0 Å². The molecule has 5 nitrogen and oxygen atoms in total. The van der Waals surface area contributed by atoms with Gasteiger partial charge in [-0.1, -0.05) is 35.5 Å². The largest absolute Gasteiger partial charge is 0.360 e. The second-order valence-electron chi connectivity index (χ2n) is 8.23. The summed E-state index contributed by atoms with van der Waals surface area (Å²) in [6.45, 7) is 8.68. The number of likely N-dealkylation sites (tertiary alicyclic amines) is 2. The average molecular weight is 367 g/mol. The quantitative estimate of drug-likeness (QED) is 0.828. The van der Waals surface area contributed by atoms with Crippen molar-refractivity contribution in [3.63, 3.8) is 0 Å². The molecule has 27 heavy (non-hydrogen) atoms. The molecule has 1 aromatic heterocycles. The standard InChI is InChI=1S/C22H29N3O2/c1-3-25-16-22(14-20(21(25)26)18-7-5-4-6-8-18)9-11-24(12-10-22)15-19-13-17(2)23-27-19/h4-8,13,20H,3,9-12,14-16H2,1-2H3/t20-/m1/s1. The first kappa shape index (κ1) is 18.2. The molecule has 144 valence electrons. The third kappa shape index (κ3) is 3.79. The molecule has 1 spiro atoms. The number of hydrogen-bond acceptors (Lipinski definition) is 4. The van der Waals surface area contributed by atoms with Gasteiger partial charge >= 0.3 is 0 Å². The van der Waals surface area contributed by atoms with E-state index in [-0.39, 0.29) is 11.3 Å². The minimum absolute atomic E-state index is 0.00312. The third-order valence-corrected chi connectivity index (χ3v) is 6.33. The molecular weight excluding hydrogens is 338 g/mol. The van der Waals surface area contributed by atoms with Crippen molar-refractivity contribution < 1.29 is 9.32 Å². The normalized spacial score (nSPS) is 23.1. The number of carbonyl (C=O) groups excluding carboxylic acids is 1. The molecular formula is C22H29N3O2. The number of aromatic nitrogens is 1. The van der Waals surface area contributed by atoms with Gasteiger partial charge in [0, 0.05) is 19.2 Å². The zero-order valence-corrected chi connectivity index (χ0v) is 16.4. The molecule has 0 aliphatic carbocycles. The highest BCUT2D eigenvalue weighted by Crippen LogP contribution is 2.45. The van der Waals surface area contributed by atoms with Gasteiger partial charge in [-0.05, 0) is 57.2 Å². The van der Waals surface area contributed by atoms with Crippen LogP contribution in [0.25, 0.3) is 0 Å². The Bertz CT molecular complexity index is 778. The molecule has 2 aliphatic rings. The summed E-state index contributed by atoms with van der Waals surface area (Å²) >= 11 is 0. The Morgan fingerprint density at radius 3 is 2.59 bits per heavy atom. The van der Waals surface area contributed by atoms with E-state index in [1.165, 1.54) is 5.56 Å². The molecule has 0 unspecified atom stereocenters. The fourth-order valence-electron chi connectivity index (χ4n) is 4.76. The van der Waals surface area contributed by atoms with Gasteiger partial charge in [0.05, 0.1) is 18.2 Å². The summed E-state index contributed by atoms with van der Waals surface area (Å²) in [5.74, 6) is 1.25. The van der Waals surface area contributed by atoms with Gasteiger partial charge in [-0.25, -0.2) is 0 Å². The number of rotatable bonds is 4. The fraction of sp³-hybridized carbons (Fsp3) is 0.545. The lowest BCUT2D eigenvalue weighted by atomic mass is 9.67. The van der Waals surface area contributed by atoms with E-state index < -0.39 is 0 Å². The van der Waals surface area contributed by atoms with E-state index in [9.17, 15) is 4.79 Å². The van der Waals surface area contributed by atoms with Crippen molar-refractivity contribution in [1.82, 2.24) is 15.0 Å². The summed E-state index contributed by atoms with van der Waals surface area (Å²) in [4.78, 5) is 17.5. The molecule has 0 radical (unpaired) electrons. The van der Waals surface area contributed by atoms with Gasteiger partial charge in [-0.15, -0.1) is 0 Å². The molecule has 1 aromatic carbocycles. The number of amides is 1. The lowest BCUT2D eigenvalue weighted by molar-refractivity contribution is -0.141. The van der Waals surface area contributed by atoms with E-state index in [1.807, 2.05) is 31.2 Å². The van der Waals surface area contributed by atoms with Crippen molar-refractivity contribution in [2.75, 3.05) is 26.2 Å². The third-order valence-electron chi connectivity index (χ3n) is 6.33. The smallest absolute Gasteiger partial charge is 0.230 e. The summed E-state index contributed by atoms with van der Waals surface area (Å²) in [7, 11) is 0. The first-order valence-electron chi connectivity index (χ1n) is 10.1. The van der Waals surface area contributed by atoms with Gasteiger partial charge in [0.25, 0.3) is 0 Å². The van der Waals surface area contributed by atoms with Crippen molar-refractivity contribution in [1.29, 1.82) is 0 Å². The Hall–Kier alpha value is -2.14. The van der Waals surface area contributed by atoms with Crippen LogP contribution in [0.2, 0.25) is 0 Å². The molecule has 0 bridgehead atoms. The Kier molecular flexibility index (Phi) is 5.04. The van der Waals surface area contributed by atoms with E-state index in [4.69, 9.17) is 4.52 Å². The molecule has 1 atom stereocenters. The van der Waals surface area contributed by atoms with Gasteiger partial charge in [0.15, 0.2) is 5.76 Å². The summed E-state index contributed by atoms with van der Waals surface area (Å²) < 4.78 is 5.38. The molecule has 2 fully saturated rings. The van der Waals surface area contributed by atoms with Gasteiger partial charge in [-0.2, -0.15) is 0 Å². The number of likely N-dealkylation sites (N-methyl/N-ethyl adjacent to an activating group) is 1. The number of nitrogens with zero attached hydrogens (tertiary/aromatic N) is 3. The SMILES string of the molecule is CCN1CC2(CCN(Cc3cc(C)no3)CC2)C[C@H](c2ccccc2)C1=O. The highest BCUT2D eigenvalue weighted by Gasteiger charge is 2.45. The predicted octanol–water partition coefficient (Wildman–Crippen LogP) is 3.60. The van der Waals surface area contributed by atoms with Crippen molar-refractivity contribution in [3.8, 4) is 0 Å². The van der Waals surface area contributed by atoms with Crippen LogP contribution in [0.1, 0.15) is 49.1 Å². The topological polar surface area (TPSA) is 49.6 Å². The molecule has 1 amide bonds. The monoisotopic (exact) mass is 367 g/mol. The molecule has 2 aliphatic heterocycles. The molecule has 4 rings (SSSR count). The van der Waals surface area contributed by atoms with E-state index in [0.29, 0.717) is 5.91 Å². The van der Waals surface area contributed by atoms with Crippen molar-refractivity contribution in [2.45, 2.75) is 45.6 Å². The summed E-state index contributed by atoms with van der Waals surface area (Å²) in [5, 5.41) is 3.99. The highest BCUT2D eigenvalue weighted by atomic mass is 16.5. The first-order chi connectivity index (χ1) is 13.1. The summed E-state index contributed by atoms with van der Waals surface area (Å²) in [6.07, 6.45) is 3.24. The minimum Gasteiger partial charge on any atom is -0.360 e. The van der Waals surface area contributed by atoms with Crippen LogP contribution < -0.4 is 0 Å². The maximum absolute atomic E-state index is 13.0. The molecule has 0 saturated carbocycles. The molecule has 2 saturated heterocycles. The lowest BCUT2D eigenvalue weighted by Gasteiger charge is -2.49. The second-order valence-corrected chi connectivity index (χ2v) is 8.23. The van der Waals surface area contributed by atoms with Crippen LogP contribution in [0.4, 0.5) is 0 Å². The molecule has 5 heteroatoms. The first-order valence-corrected chi connectivity index (χ1v) is 10.1. The van der Waals surface area contributed by atoms with E-state index in [0.717, 1.165) is 63.4 Å². The Morgan fingerprint density at radius 1 is 1.22 bits per heavy atom. The van der Waals surface area contributed by atoms with Crippen molar-refractivity contribution in [3.05, 3.63) is 53.4 Å². The Labute approximate surface area is 161 Å². The van der Waals surface area contributed by atoms with Gasteiger partial charge in [-0.3, -0.25) is 9.69 Å². The van der Waals surface area contributed by atoms with Gasteiger partial charge < -0.3 is 9.42 Å². The maximum Gasteiger partial charge on any atom is 0.230 e. The van der Waals surface area contributed by atoms with Crippen LogP contribution in [-0.2, 0) is 11.3 Å². The van der Waals surface area contributed by atoms with Crippen LogP contribution in [0, 0.1) is 12.3 Å². The van der Waals surface area contributed by atoms with Crippen LogP contribution in [0.15, 0.2) is 40.9 Å². The zero-order valence-electron chi connectivity index (χ0n) is 16.4. The van der Waals surface area contributed by atoms with Gasteiger partial charge in [0.1, 0.15) is 0 Å². The minimum atomic E-state index is 0.00312. The summed E-state index contributed by atoms with van der Waals surface area (Å²) in [6, 6.07) is 12.3. The molecule has 2 aromatic rings. The number of carbonyl (C=O) groups is 1.